The molecule has 3 N–H and O–H groups in total. The van der Waals surface area contributed by atoms with Gasteiger partial charge in [-0.3, -0.25) is 0 Å². The SMILES string of the molecule is CCCCCCCCc1ncc(CCN)[nH]1. The average Bonchev–Trinajstić information content (AvgIpc) is 2.72. The van der Waals surface area contributed by atoms with E-state index in [2.05, 4.69) is 16.9 Å². The summed E-state index contributed by atoms with van der Waals surface area (Å²) in [4.78, 5) is 7.68. The summed E-state index contributed by atoms with van der Waals surface area (Å²) in [5, 5.41) is 0. The highest BCUT2D eigenvalue weighted by Gasteiger charge is 1.99. The standard InChI is InChI=1S/C13H25N3/c1-2-3-4-5-6-7-8-13-15-11-12(16-13)9-10-14/h11H,2-10,14H2,1H3,(H,15,16). The topological polar surface area (TPSA) is 54.7 Å². The number of aromatic nitrogens is 2. The molecule has 16 heavy (non-hydrogen) atoms. The number of rotatable bonds is 9. The van der Waals surface area contributed by atoms with Crippen LogP contribution in [-0.4, -0.2) is 16.5 Å². The molecule has 1 aromatic heterocycles. The molecule has 0 aliphatic carbocycles. The Bertz CT molecular complexity index is 268. The molecular weight excluding hydrogens is 198 g/mol. The molecule has 92 valence electrons. The zero-order chi connectivity index (χ0) is 11.6. The third-order valence-electron chi connectivity index (χ3n) is 2.86. The molecule has 0 aliphatic heterocycles. The number of imidazole rings is 1. The normalized spacial score (nSPS) is 10.9. The lowest BCUT2D eigenvalue weighted by molar-refractivity contribution is 0.602. The first kappa shape index (κ1) is 13.2. The second kappa shape index (κ2) is 8.34. The summed E-state index contributed by atoms with van der Waals surface area (Å²) in [5.74, 6) is 1.12. The molecule has 0 radical (unpaired) electrons. The first-order chi connectivity index (χ1) is 7.86. The highest BCUT2D eigenvalue weighted by atomic mass is 14.9. The minimum atomic E-state index is 0.693. The maximum Gasteiger partial charge on any atom is 0.106 e. The zero-order valence-electron chi connectivity index (χ0n) is 10.5. The summed E-state index contributed by atoms with van der Waals surface area (Å²) in [5.41, 5.74) is 6.66. The van der Waals surface area contributed by atoms with Crippen molar-refractivity contribution in [2.45, 2.75) is 58.3 Å². The van der Waals surface area contributed by atoms with Crippen LogP contribution in [0.2, 0.25) is 0 Å². The first-order valence-electron chi connectivity index (χ1n) is 6.59. The van der Waals surface area contributed by atoms with Crippen LogP contribution in [0.25, 0.3) is 0 Å². The van der Waals surface area contributed by atoms with Gasteiger partial charge in [-0.1, -0.05) is 39.0 Å². The van der Waals surface area contributed by atoms with E-state index in [-0.39, 0.29) is 0 Å². The van der Waals surface area contributed by atoms with E-state index in [0.29, 0.717) is 6.54 Å². The Labute approximate surface area is 98.8 Å². The van der Waals surface area contributed by atoms with E-state index in [0.717, 1.165) is 18.7 Å². The second-order valence-electron chi connectivity index (χ2n) is 4.41. The lowest BCUT2D eigenvalue weighted by Crippen LogP contribution is -2.02. The van der Waals surface area contributed by atoms with E-state index in [9.17, 15) is 0 Å². The molecule has 0 saturated carbocycles. The summed E-state index contributed by atoms with van der Waals surface area (Å²) in [6, 6.07) is 0. The van der Waals surface area contributed by atoms with Gasteiger partial charge in [0.15, 0.2) is 0 Å². The zero-order valence-corrected chi connectivity index (χ0v) is 10.5. The molecule has 3 nitrogen and oxygen atoms in total. The Hall–Kier alpha value is -0.830. The van der Waals surface area contributed by atoms with Gasteiger partial charge in [0.05, 0.1) is 0 Å². The largest absolute Gasteiger partial charge is 0.346 e. The predicted octanol–water partition coefficient (Wildman–Crippen LogP) is 2.81. The van der Waals surface area contributed by atoms with Crippen molar-refractivity contribution in [3.63, 3.8) is 0 Å². The Morgan fingerprint density at radius 1 is 1.12 bits per heavy atom. The van der Waals surface area contributed by atoms with Gasteiger partial charge in [-0.05, 0) is 13.0 Å². The second-order valence-corrected chi connectivity index (χ2v) is 4.41. The summed E-state index contributed by atoms with van der Waals surface area (Å²) in [7, 11) is 0. The van der Waals surface area contributed by atoms with Crippen LogP contribution in [-0.2, 0) is 12.8 Å². The van der Waals surface area contributed by atoms with Crippen LogP contribution in [0.1, 0.15) is 57.0 Å². The summed E-state index contributed by atoms with van der Waals surface area (Å²) >= 11 is 0. The quantitative estimate of drug-likeness (QED) is 0.632. The molecule has 1 heterocycles. The molecule has 0 bridgehead atoms. The summed E-state index contributed by atoms with van der Waals surface area (Å²) in [6.45, 7) is 2.94. The van der Waals surface area contributed by atoms with Gasteiger partial charge in [-0.15, -0.1) is 0 Å². The van der Waals surface area contributed by atoms with Gasteiger partial charge >= 0.3 is 0 Å². The van der Waals surface area contributed by atoms with Crippen molar-refractivity contribution in [1.29, 1.82) is 0 Å². The van der Waals surface area contributed by atoms with Gasteiger partial charge in [0.1, 0.15) is 5.82 Å². The molecule has 0 atom stereocenters. The fourth-order valence-corrected chi connectivity index (χ4v) is 1.89. The van der Waals surface area contributed by atoms with Crippen molar-refractivity contribution >= 4 is 0 Å². The van der Waals surface area contributed by atoms with Crippen molar-refractivity contribution < 1.29 is 0 Å². The maximum atomic E-state index is 5.49. The molecule has 1 rings (SSSR count). The summed E-state index contributed by atoms with van der Waals surface area (Å²) in [6.07, 6.45) is 11.9. The van der Waals surface area contributed by atoms with Crippen molar-refractivity contribution in [2.75, 3.05) is 6.54 Å². The van der Waals surface area contributed by atoms with Crippen LogP contribution in [0.3, 0.4) is 0 Å². The fraction of sp³-hybridized carbons (Fsp3) is 0.769. The molecule has 0 fully saturated rings. The number of hydrogen-bond acceptors (Lipinski definition) is 2. The smallest absolute Gasteiger partial charge is 0.106 e. The van der Waals surface area contributed by atoms with Crippen LogP contribution in [0.15, 0.2) is 6.20 Å². The highest BCUT2D eigenvalue weighted by Crippen LogP contribution is 2.08. The molecule has 0 amide bonds. The van der Waals surface area contributed by atoms with Crippen LogP contribution in [0.4, 0.5) is 0 Å². The Morgan fingerprint density at radius 3 is 2.62 bits per heavy atom. The molecule has 0 spiro atoms. The number of unbranched alkanes of at least 4 members (excludes halogenated alkanes) is 5. The number of nitrogens with one attached hydrogen (secondary N) is 1. The number of H-pyrrole nitrogens is 1. The molecule has 0 unspecified atom stereocenters. The van der Waals surface area contributed by atoms with Crippen LogP contribution >= 0.6 is 0 Å². The number of aryl methyl sites for hydroxylation is 1. The van der Waals surface area contributed by atoms with Gasteiger partial charge in [-0.2, -0.15) is 0 Å². The van der Waals surface area contributed by atoms with Crippen LogP contribution < -0.4 is 5.73 Å². The van der Waals surface area contributed by atoms with E-state index in [1.807, 2.05) is 6.20 Å². The van der Waals surface area contributed by atoms with Crippen molar-refractivity contribution in [3.05, 3.63) is 17.7 Å². The van der Waals surface area contributed by atoms with Gasteiger partial charge in [0, 0.05) is 24.7 Å². The van der Waals surface area contributed by atoms with E-state index in [4.69, 9.17) is 5.73 Å². The van der Waals surface area contributed by atoms with Crippen molar-refractivity contribution in [2.24, 2.45) is 5.73 Å². The number of nitrogens with zero attached hydrogens (tertiary/aromatic N) is 1. The van der Waals surface area contributed by atoms with Crippen LogP contribution in [0.5, 0.6) is 0 Å². The van der Waals surface area contributed by atoms with E-state index < -0.39 is 0 Å². The van der Waals surface area contributed by atoms with E-state index in [1.165, 1.54) is 44.2 Å². The van der Waals surface area contributed by atoms with Gasteiger partial charge in [-0.25, -0.2) is 4.98 Å². The number of aromatic amines is 1. The maximum absolute atomic E-state index is 5.49. The third-order valence-corrected chi connectivity index (χ3v) is 2.86. The Balaban J connectivity index is 2.07. The molecule has 0 saturated heterocycles. The van der Waals surface area contributed by atoms with Crippen molar-refractivity contribution in [1.82, 2.24) is 9.97 Å². The Kier molecular flexibility index (Phi) is 6.90. The summed E-state index contributed by atoms with van der Waals surface area (Å²) < 4.78 is 0. The fourth-order valence-electron chi connectivity index (χ4n) is 1.89. The monoisotopic (exact) mass is 223 g/mol. The molecule has 0 aromatic carbocycles. The van der Waals surface area contributed by atoms with Gasteiger partial charge in [0.25, 0.3) is 0 Å². The van der Waals surface area contributed by atoms with Gasteiger partial charge in [0.2, 0.25) is 0 Å². The molecule has 1 aromatic rings. The van der Waals surface area contributed by atoms with E-state index >= 15 is 0 Å². The average molecular weight is 223 g/mol. The van der Waals surface area contributed by atoms with E-state index in [1.54, 1.807) is 0 Å². The predicted molar refractivity (Wildman–Crippen MR) is 68.4 cm³/mol. The lowest BCUT2D eigenvalue weighted by atomic mass is 10.1. The first-order valence-corrected chi connectivity index (χ1v) is 6.59. The Morgan fingerprint density at radius 2 is 1.88 bits per heavy atom. The molecule has 3 heteroatoms. The molecule has 0 aliphatic rings. The third kappa shape index (κ3) is 5.31. The van der Waals surface area contributed by atoms with Crippen LogP contribution in [0, 0.1) is 0 Å². The van der Waals surface area contributed by atoms with Gasteiger partial charge < -0.3 is 10.7 Å². The lowest BCUT2D eigenvalue weighted by Gasteiger charge is -1.99. The number of nitrogens with two attached hydrogens (primary N) is 1. The minimum absolute atomic E-state index is 0.693. The highest BCUT2D eigenvalue weighted by molar-refractivity contribution is 5.01. The van der Waals surface area contributed by atoms with Crippen molar-refractivity contribution in [3.8, 4) is 0 Å². The number of hydrogen-bond donors (Lipinski definition) is 2. The molecular formula is C13H25N3. The minimum Gasteiger partial charge on any atom is -0.346 e.